The summed E-state index contributed by atoms with van der Waals surface area (Å²) in [5.74, 6) is 0.0464. The zero-order valence-corrected chi connectivity index (χ0v) is 11.6. The number of benzene rings is 1. The van der Waals surface area contributed by atoms with Crippen molar-refractivity contribution in [2.45, 2.75) is 25.7 Å². The van der Waals surface area contributed by atoms with Gasteiger partial charge in [-0.3, -0.25) is 8.98 Å². The van der Waals surface area contributed by atoms with Crippen molar-refractivity contribution in [2.24, 2.45) is 0 Å². The number of anilines is 1. The summed E-state index contributed by atoms with van der Waals surface area (Å²) in [5, 5.41) is 2.85. The van der Waals surface area contributed by atoms with Crippen LogP contribution in [0.25, 0.3) is 0 Å². The molecule has 0 saturated heterocycles. The Balaban J connectivity index is 1.91. The molecule has 1 aliphatic heterocycles. The normalized spacial score (nSPS) is 14.9. The number of hydrogen-bond donors (Lipinski definition) is 1. The molecule has 1 aromatic rings. The molecule has 1 heterocycles. The van der Waals surface area contributed by atoms with Gasteiger partial charge < -0.3 is 5.32 Å². The second-order valence-corrected chi connectivity index (χ2v) is 6.31. The van der Waals surface area contributed by atoms with Crippen molar-refractivity contribution in [1.29, 1.82) is 0 Å². The quantitative estimate of drug-likeness (QED) is 0.656. The maximum absolute atomic E-state index is 11.3. The van der Waals surface area contributed by atoms with Crippen molar-refractivity contribution in [3.8, 4) is 0 Å². The first-order valence-corrected chi connectivity index (χ1v) is 8.02. The molecule has 0 radical (unpaired) electrons. The van der Waals surface area contributed by atoms with Gasteiger partial charge in [-0.2, -0.15) is 8.42 Å². The molecule has 5 nitrogen and oxygen atoms in total. The standard InChI is InChI=1S/C13H17NO4S/c1-19(16,17)18-8-2-3-10-4-5-11-6-7-13(15)14-12(11)9-10/h4-5,9H,2-3,6-8H2,1H3,(H,14,15). The van der Waals surface area contributed by atoms with Crippen molar-refractivity contribution in [2.75, 3.05) is 18.2 Å². The van der Waals surface area contributed by atoms with Crippen molar-refractivity contribution in [3.05, 3.63) is 29.3 Å². The van der Waals surface area contributed by atoms with E-state index in [1.807, 2.05) is 18.2 Å². The molecule has 0 aromatic heterocycles. The number of rotatable bonds is 5. The predicted molar refractivity (Wildman–Crippen MR) is 72.5 cm³/mol. The summed E-state index contributed by atoms with van der Waals surface area (Å²) in [5.41, 5.74) is 3.09. The Morgan fingerprint density at radius 2 is 2.11 bits per heavy atom. The lowest BCUT2D eigenvalue weighted by Gasteiger charge is -2.17. The van der Waals surface area contributed by atoms with Crippen molar-refractivity contribution < 1.29 is 17.4 Å². The maximum atomic E-state index is 11.3. The molecule has 2 rings (SSSR count). The van der Waals surface area contributed by atoms with Gasteiger partial charge >= 0.3 is 0 Å². The van der Waals surface area contributed by atoms with E-state index in [4.69, 9.17) is 0 Å². The van der Waals surface area contributed by atoms with Crippen LogP contribution in [0.3, 0.4) is 0 Å². The fourth-order valence-corrected chi connectivity index (χ4v) is 2.48. The highest BCUT2D eigenvalue weighted by atomic mass is 32.2. The number of hydrogen-bond acceptors (Lipinski definition) is 4. The van der Waals surface area contributed by atoms with Gasteiger partial charge in [-0.15, -0.1) is 0 Å². The summed E-state index contributed by atoms with van der Waals surface area (Å²) in [7, 11) is -3.36. The van der Waals surface area contributed by atoms with Gasteiger partial charge in [0, 0.05) is 12.1 Å². The van der Waals surface area contributed by atoms with Crippen LogP contribution in [0.1, 0.15) is 24.0 Å². The maximum Gasteiger partial charge on any atom is 0.264 e. The van der Waals surface area contributed by atoms with Gasteiger partial charge in [0.2, 0.25) is 5.91 Å². The minimum atomic E-state index is -3.36. The molecule has 0 fully saturated rings. The molecule has 1 amide bonds. The highest BCUT2D eigenvalue weighted by Crippen LogP contribution is 2.24. The van der Waals surface area contributed by atoms with Crippen LogP contribution in [0.5, 0.6) is 0 Å². The van der Waals surface area contributed by atoms with E-state index in [-0.39, 0.29) is 12.5 Å². The van der Waals surface area contributed by atoms with Gasteiger partial charge in [-0.1, -0.05) is 12.1 Å². The molecule has 0 bridgehead atoms. The second kappa shape index (κ2) is 5.71. The molecule has 0 atom stereocenters. The molecule has 1 aliphatic rings. The van der Waals surface area contributed by atoms with Gasteiger partial charge in [0.05, 0.1) is 12.9 Å². The van der Waals surface area contributed by atoms with E-state index in [0.717, 1.165) is 35.9 Å². The van der Waals surface area contributed by atoms with Crippen molar-refractivity contribution in [3.63, 3.8) is 0 Å². The third-order valence-corrected chi connectivity index (χ3v) is 3.57. The summed E-state index contributed by atoms with van der Waals surface area (Å²) in [4.78, 5) is 11.3. The van der Waals surface area contributed by atoms with Gasteiger partial charge in [0.15, 0.2) is 0 Å². The molecule has 19 heavy (non-hydrogen) atoms. The molecular formula is C13H17NO4S. The fraction of sp³-hybridized carbons (Fsp3) is 0.462. The highest BCUT2D eigenvalue weighted by molar-refractivity contribution is 7.85. The second-order valence-electron chi connectivity index (χ2n) is 4.67. The third kappa shape index (κ3) is 4.33. The van der Waals surface area contributed by atoms with Crippen molar-refractivity contribution >= 4 is 21.7 Å². The van der Waals surface area contributed by atoms with E-state index in [1.165, 1.54) is 0 Å². The van der Waals surface area contributed by atoms with Crippen LogP contribution in [-0.2, 0) is 31.9 Å². The van der Waals surface area contributed by atoms with Crippen LogP contribution >= 0.6 is 0 Å². The predicted octanol–water partition coefficient (Wildman–Crippen LogP) is 1.48. The Morgan fingerprint density at radius 1 is 1.32 bits per heavy atom. The summed E-state index contributed by atoms with van der Waals surface area (Å²) >= 11 is 0. The molecule has 0 aliphatic carbocycles. The topological polar surface area (TPSA) is 72.5 Å². The number of carbonyl (C=O) groups excluding carboxylic acids is 1. The van der Waals surface area contributed by atoms with Crippen LogP contribution in [0.2, 0.25) is 0 Å². The Labute approximate surface area is 113 Å². The number of nitrogens with one attached hydrogen (secondary N) is 1. The summed E-state index contributed by atoms with van der Waals surface area (Å²) < 4.78 is 26.3. The Hall–Kier alpha value is -1.40. The van der Waals surface area contributed by atoms with E-state index in [9.17, 15) is 13.2 Å². The molecular weight excluding hydrogens is 266 g/mol. The number of amides is 1. The number of aryl methyl sites for hydroxylation is 2. The SMILES string of the molecule is CS(=O)(=O)OCCCc1ccc2c(c1)NC(=O)CC2. The average Bonchev–Trinajstić information content (AvgIpc) is 2.33. The minimum absolute atomic E-state index is 0.0464. The summed E-state index contributed by atoms with van der Waals surface area (Å²) in [6.07, 6.45) is 3.70. The van der Waals surface area contributed by atoms with E-state index >= 15 is 0 Å². The summed E-state index contributed by atoms with van der Waals surface area (Å²) in [6.45, 7) is 0.183. The first-order chi connectivity index (χ1) is 8.94. The lowest BCUT2D eigenvalue weighted by molar-refractivity contribution is -0.116. The van der Waals surface area contributed by atoms with Gasteiger partial charge in [-0.05, 0) is 36.5 Å². The fourth-order valence-electron chi connectivity index (χ4n) is 2.06. The first kappa shape index (κ1) is 14.0. The van der Waals surface area contributed by atoms with Crippen LogP contribution in [-0.4, -0.2) is 27.2 Å². The van der Waals surface area contributed by atoms with Crippen LogP contribution < -0.4 is 5.32 Å². The van der Waals surface area contributed by atoms with E-state index in [2.05, 4.69) is 9.50 Å². The Kier molecular flexibility index (Phi) is 4.21. The molecule has 0 saturated carbocycles. The monoisotopic (exact) mass is 283 g/mol. The number of carbonyl (C=O) groups is 1. The molecule has 1 aromatic carbocycles. The summed E-state index contributed by atoms with van der Waals surface area (Å²) in [6, 6.07) is 5.98. The van der Waals surface area contributed by atoms with Crippen molar-refractivity contribution in [1.82, 2.24) is 0 Å². The highest BCUT2D eigenvalue weighted by Gasteiger charge is 2.14. The van der Waals surface area contributed by atoms with E-state index < -0.39 is 10.1 Å². The lowest BCUT2D eigenvalue weighted by Crippen LogP contribution is -2.19. The minimum Gasteiger partial charge on any atom is -0.326 e. The van der Waals surface area contributed by atoms with Crippen LogP contribution in [0.15, 0.2) is 18.2 Å². The average molecular weight is 283 g/mol. The van der Waals surface area contributed by atoms with E-state index in [1.54, 1.807) is 0 Å². The third-order valence-electron chi connectivity index (χ3n) is 2.98. The van der Waals surface area contributed by atoms with E-state index in [0.29, 0.717) is 12.8 Å². The Morgan fingerprint density at radius 3 is 2.84 bits per heavy atom. The smallest absolute Gasteiger partial charge is 0.264 e. The van der Waals surface area contributed by atoms with Crippen LogP contribution in [0.4, 0.5) is 5.69 Å². The zero-order chi connectivity index (χ0) is 13.9. The molecule has 1 N–H and O–H groups in total. The van der Waals surface area contributed by atoms with Crippen LogP contribution in [0, 0.1) is 0 Å². The van der Waals surface area contributed by atoms with Gasteiger partial charge in [-0.25, -0.2) is 0 Å². The molecule has 6 heteroatoms. The lowest BCUT2D eigenvalue weighted by atomic mass is 9.99. The number of fused-ring (bicyclic) bond motifs is 1. The molecule has 104 valence electrons. The molecule has 0 unspecified atom stereocenters. The Bertz CT molecular complexity index is 580. The zero-order valence-electron chi connectivity index (χ0n) is 10.8. The molecule has 0 spiro atoms. The largest absolute Gasteiger partial charge is 0.326 e. The first-order valence-electron chi connectivity index (χ1n) is 6.20. The van der Waals surface area contributed by atoms with Gasteiger partial charge in [0.25, 0.3) is 10.1 Å². The van der Waals surface area contributed by atoms with Gasteiger partial charge in [0.1, 0.15) is 0 Å².